The zero-order valence-corrected chi connectivity index (χ0v) is 8.95. The molecule has 0 bridgehead atoms. The number of nitrogens with zero attached hydrogens (tertiary/aromatic N) is 2. The van der Waals surface area contributed by atoms with Crippen LogP contribution >= 0.6 is 0 Å². The zero-order chi connectivity index (χ0) is 12.7. The number of hydrogen-bond donors (Lipinski definition) is 3. The van der Waals surface area contributed by atoms with Crippen LogP contribution in [0.3, 0.4) is 0 Å². The Kier molecular flexibility index (Phi) is 2.86. The maximum atomic E-state index is 13.2. The molecule has 1 aliphatic rings. The number of rotatable bonds is 1. The van der Waals surface area contributed by atoms with Crippen molar-refractivity contribution in [3.63, 3.8) is 0 Å². The minimum absolute atomic E-state index is 0.521. The molecule has 1 aliphatic heterocycles. The summed E-state index contributed by atoms with van der Waals surface area (Å²) in [5, 5.41) is 19.1. The number of nitrogen functional groups attached to an aromatic ring is 1. The van der Waals surface area contributed by atoms with Gasteiger partial charge in [0.05, 0.1) is 12.3 Å². The molecular weight excluding hydrogens is 233 g/mol. The lowest BCUT2D eigenvalue weighted by Crippen LogP contribution is -2.35. The Morgan fingerprint density at radius 2 is 2.18 bits per heavy atom. The van der Waals surface area contributed by atoms with Crippen LogP contribution in [0.25, 0.3) is 0 Å². The number of aliphatic hydroxyl groups is 2. The highest BCUT2D eigenvalue weighted by atomic mass is 19.1. The maximum Gasteiger partial charge on any atom is 0.351 e. The van der Waals surface area contributed by atoms with Crippen LogP contribution in [0, 0.1) is 5.82 Å². The van der Waals surface area contributed by atoms with E-state index in [0.717, 1.165) is 10.8 Å². The zero-order valence-electron chi connectivity index (χ0n) is 8.95. The van der Waals surface area contributed by atoms with Crippen LogP contribution in [0.2, 0.25) is 0 Å². The summed E-state index contributed by atoms with van der Waals surface area (Å²) >= 11 is 0. The molecule has 0 aliphatic carbocycles. The van der Waals surface area contributed by atoms with E-state index in [1.807, 2.05) is 0 Å². The van der Waals surface area contributed by atoms with Crippen molar-refractivity contribution >= 4 is 5.82 Å². The lowest BCUT2D eigenvalue weighted by Gasteiger charge is -2.17. The fourth-order valence-corrected chi connectivity index (χ4v) is 1.70. The van der Waals surface area contributed by atoms with E-state index in [0.29, 0.717) is 0 Å². The van der Waals surface area contributed by atoms with Crippen LogP contribution in [-0.4, -0.2) is 38.1 Å². The van der Waals surface area contributed by atoms with Gasteiger partial charge in [0.1, 0.15) is 12.2 Å². The van der Waals surface area contributed by atoms with Crippen molar-refractivity contribution in [2.75, 3.05) is 5.73 Å². The Bertz CT molecular complexity index is 492. The molecule has 0 saturated carbocycles. The molecule has 4 N–H and O–H groups in total. The minimum Gasteiger partial charge on any atom is -0.388 e. The SMILES string of the molecule is CC1O[C@@H](n2cc(F)c(N)nc2=O)[C@H](O)[C@@H]1O. The van der Waals surface area contributed by atoms with E-state index in [-0.39, 0.29) is 0 Å². The standard InChI is InChI=1S/C9H12FN3O4/c1-3-5(14)6(15)8(17-3)13-2-4(10)7(11)12-9(13)16/h2-3,5-6,8,14-15H,1H3,(H2,11,12,16)/t3?,5-,6-,8-/m1/s1. The molecule has 1 unspecified atom stereocenters. The number of hydrogen-bond acceptors (Lipinski definition) is 6. The van der Waals surface area contributed by atoms with Crippen LogP contribution in [0.4, 0.5) is 10.2 Å². The summed E-state index contributed by atoms with van der Waals surface area (Å²) in [4.78, 5) is 14.7. The van der Waals surface area contributed by atoms with E-state index in [1.165, 1.54) is 6.92 Å². The van der Waals surface area contributed by atoms with Crippen LogP contribution < -0.4 is 11.4 Å². The Morgan fingerprint density at radius 3 is 2.71 bits per heavy atom. The maximum absolute atomic E-state index is 13.2. The quantitative estimate of drug-likeness (QED) is 0.561. The van der Waals surface area contributed by atoms with Gasteiger partial charge in [-0.2, -0.15) is 4.98 Å². The van der Waals surface area contributed by atoms with Crippen LogP contribution in [-0.2, 0) is 4.74 Å². The molecule has 0 amide bonds. The second-order valence-electron chi connectivity index (χ2n) is 3.88. The molecule has 4 atom stereocenters. The monoisotopic (exact) mass is 245 g/mol. The summed E-state index contributed by atoms with van der Waals surface area (Å²) in [5.41, 5.74) is 4.27. The second-order valence-corrected chi connectivity index (χ2v) is 3.88. The Balaban J connectivity index is 2.42. The third kappa shape index (κ3) is 1.90. The van der Waals surface area contributed by atoms with Crippen molar-refractivity contribution in [1.29, 1.82) is 0 Å². The average Bonchev–Trinajstić information content (AvgIpc) is 2.51. The topological polar surface area (TPSA) is 111 Å². The van der Waals surface area contributed by atoms with Crippen LogP contribution in [0.1, 0.15) is 13.2 Å². The normalized spacial score (nSPS) is 32.9. The fourth-order valence-electron chi connectivity index (χ4n) is 1.70. The van der Waals surface area contributed by atoms with E-state index in [4.69, 9.17) is 10.5 Å². The molecule has 1 aromatic heterocycles. The number of ether oxygens (including phenoxy) is 1. The summed E-state index contributed by atoms with van der Waals surface area (Å²) < 4.78 is 19.1. The molecule has 0 spiro atoms. The molecule has 1 saturated heterocycles. The van der Waals surface area contributed by atoms with Crippen molar-refractivity contribution in [2.24, 2.45) is 0 Å². The Morgan fingerprint density at radius 1 is 1.53 bits per heavy atom. The van der Waals surface area contributed by atoms with Gasteiger partial charge in [0.15, 0.2) is 17.9 Å². The van der Waals surface area contributed by atoms with Crippen molar-refractivity contribution in [3.8, 4) is 0 Å². The lowest BCUT2D eigenvalue weighted by molar-refractivity contribution is -0.0355. The van der Waals surface area contributed by atoms with E-state index in [2.05, 4.69) is 4.98 Å². The molecular formula is C9H12FN3O4. The van der Waals surface area contributed by atoms with Gasteiger partial charge in [-0.25, -0.2) is 9.18 Å². The van der Waals surface area contributed by atoms with Crippen molar-refractivity contribution in [2.45, 2.75) is 31.5 Å². The number of aromatic nitrogens is 2. The molecule has 8 heteroatoms. The Hall–Kier alpha value is -1.51. The highest BCUT2D eigenvalue weighted by Crippen LogP contribution is 2.28. The predicted molar refractivity (Wildman–Crippen MR) is 54.5 cm³/mol. The van der Waals surface area contributed by atoms with Crippen molar-refractivity contribution in [1.82, 2.24) is 9.55 Å². The van der Waals surface area contributed by atoms with Crippen molar-refractivity contribution in [3.05, 3.63) is 22.5 Å². The van der Waals surface area contributed by atoms with Gasteiger partial charge in [-0.15, -0.1) is 0 Å². The van der Waals surface area contributed by atoms with E-state index >= 15 is 0 Å². The second kappa shape index (κ2) is 4.06. The molecule has 94 valence electrons. The first-order chi connectivity index (χ1) is 7.91. The highest BCUT2D eigenvalue weighted by Gasteiger charge is 2.41. The molecule has 1 fully saturated rings. The molecule has 17 heavy (non-hydrogen) atoms. The summed E-state index contributed by atoms with van der Waals surface area (Å²) in [6.07, 6.45) is -3.51. The summed E-state index contributed by atoms with van der Waals surface area (Å²) in [5.74, 6) is -1.42. The van der Waals surface area contributed by atoms with Crippen LogP contribution in [0.15, 0.2) is 11.0 Å². The largest absolute Gasteiger partial charge is 0.388 e. The first-order valence-electron chi connectivity index (χ1n) is 4.97. The van der Waals surface area contributed by atoms with Gasteiger partial charge in [0.25, 0.3) is 0 Å². The predicted octanol–water partition coefficient (Wildman–Crippen LogP) is -1.40. The minimum atomic E-state index is -1.33. The van der Waals surface area contributed by atoms with Gasteiger partial charge in [0.2, 0.25) is 0 Å². The molecule has 7 nitrogen and oxygen atoms in total. The molecule has 2 rings (SSSR count). The molecule has 1 aromatic rings. The van der Waals surface area contributed by atoms with E-state index in [9.17, 15) is 19.4 Å². The number of anilines is 1. The lowest BCUT2D eigenvalue weighted by atomic mass is 10.1. The van der Waals surface area contributed by atoms with Gasteiger partial charge < -0.3 is 20.7 Å². The average molecular weight is 245 g/mol. The van der Waals surface area contributed by atoms with Crippen molar-refractivity contribution < 1.29 is 19.3 Å². The van der Waals surface area contributed by atoms with Gasteiger partial charge in [-0.1, -0.05) is 0 Å². The molecule has 0 aromatic carbocycles. The number of halogens is 1. The number of nitrogens with two attached hydrogens (primary N) is 1. The van der Waals surface area contributed by atoms with Crippen LogP contribution in [0.5, 0.6) is 0 Å². The summed E-state index contributed by atoms with van der Waals surface area (Å²) in [7, 11) is 0. The van der Waals surface area contributed by atoms with E-state index in [1.54, 1.807) is 0 Å². The van der Waals surface area contributed by atoms with Gasteiger partial charge in [0, 0.05) is 0 Å². The van der Waals surface area contributed by atoms with Gasteiger partial charge in [-0.05, 0) is 6.92 Å². The molecule has 0 radical (unpaired) electrons. The molecule has 2 heterocycles. The van der Waals surface area contributed by atoms with Gasteiger partial charge >= 0.3 is 5.69 Å². The first-order valence-corrected chi connectivity index (χ1v) is 4.97. The summed E-state index contributed by atoms with van der Waals surface area (Å²) in [6, 6.07) is 0. The van der Waals surface area contributed by atoms with E-state index < -0.39 is 41.9 Å². The first kappa shape index (κ1) is 12.0. The third-order valence-corrected chi connectivity index (χ3v) is 2.69. The number of aliphatic hydroxyl groups excluding tert-OH is 2. The highest BCUT2D eigenvalue weighted by molar-refractivity contribution is 5.26. The fraction of sp³-hybridized carbons (Fsp3) is 0.556. The third-order valence-electron chi connectivity index (χ3n) is 2.69. The smallest absolute Gasteiger partial charge is 0.351 e. The Labute approximate surface area is 95.3 Å². The van der Waals surface area contributed by atoms with Gasteiger partial charge in [-0.3, -0.25) is 4.57 Å². The summed E-state index contributed by atoms with van der Waals surface area (Å²) in [6.45, 7) is 1.53.